The first-order chi connectivity index (χ1) is 7.02. The molecule has 0 saturated heterocycles. The molecule has 0 aromatic rings. The van der Waals surface area contributed by atoms with Gasteiger partial charge in [0.05, 0.1) is 12.6 Å². The van der Waals surface area contributed by atoms with Gasteiger partial charge in [-0.15, -0.1) is 0 Å². The Bertz CT molecular complexity index is 282. The summed E-state index contributed by atoms with van der Waals surface area (Å²) in [5.74, 6) is 0. The predicted molar refractivity (Wildman–Crippen MR) is 60.3 cm³/mol. The summed E-state index contributed by atoms with van der Waals surface area (Å²) < 4.78 is 0. The number of aliphatic hydroxyl groups is 1. The molecule has 0 spiro atoms. The molecule has 0 heterocycles. The number of hydrogen-bond donors (Lipinski definition) is 1. The molecule has 3 heteroatoms. The zero-order valence-corrected chi connectivity index (χ0v) is 9.66. The molecule has 0 radical (unpaired) electrons. The van der Waals surface area contributed by atoms with Crippen LogP contribution >= 0.6 is 0 Å². The van der Waals surface area contributed by atoms with Gasteiger partial charge in [-0.05, 0) is 32.4 Å². The highest BCUT2D eigenvalue weighted by molar-refractivity contribution is 5.16. The van der Waals surface area contributed by atoms with Crippen molar-refractivity contribution >= 4 is 0 Å². The van der Waals surface area contributed by atoms with E-state index in [2.05, 4.69) is 12.6 Å². The third-order valence-electron chi connectivity index (χ3n) is 3.43. The van der Waals surface area contributed by atoms with Crippen LogP contribution in [0, 0.1) is 11.3 Å². The second kappa shape index (κ2) is 4.78. The van der Waals surface area contributed by atoms with Gasteiger partial charge < -0.3 is 5.11 Å². The summed E-state index contributed by atoms with van der Waals surface area (Å²) in [6, 6.07) is 2.17. The summed E-state index contributed by atoms with van der Waals surface area (Å²) in [6.45, 7) is 6.12. The minimum absolute atomic E-state index is 0.0448. The Morgan fingerprint density at radius 1 is 1.67 bits per heavy atom. The minimum Gasteiger partial charge on any atom is -0.384 e. The Morgan fingerprint density at radius 3 is 2.87 bits per heavy atom. The fourth-order valence-corrected chi connectivity index (χ4v) is 2.44. The molecular formula is C12H20N2O. The van der Waals surface area contributed by atoms with Crippen LogP contribution in [0.25, 0.3) is 0 Å². The zero-order chi connectivity index (χ0) is 11.5. The van der Waals surface area contributed by atoms with Gasteiger partial charge in [0, 0.05) is 6.04 Å². The van der Waals surface area contributed by atoms with Crippen LogP contribution in [0.4, 0.5) is 0 Å². The topological polar surface area (TPSA) is 47.3 Å². The first kappa shape index (κ1) is 12.2. The smallest absolute Gasteiger partial charge is 0.101 e. The van der Waals surface area contributed by atoms with Crippen LogP contribution in [-0.2, 0) is 0 Å². The van der Waals surface area contributed by atoms with Crippen LogP contribution in [0.3, 0.4) is 0 Å². The molecular weight excluding hydrogens is 188 g/mol. The molecule has 2 unspecified atom stereocenters. The van der Waals surface area contributed by atoms with E-state index in [1.165, 1.54) is 0 Å². The maximum Gasteiger partial charge on any atom is 0.101 e. The van der Waals surface area contributed by atoms with Gasteiger partial charge in [-0.3, -0.25) is 4.90 Å². The molecule has 1 N–H and O–H groups in total. The quantitative estimate of drug-likeness (QED) is 0.567. The zero-order valence-electron chi connectivity index (χ0n) is 9.66. The van der Waals surface area contributed by atoms with E-state index in [9.17, 15) is 5.11 Å². The highest BCUT2D eigenvalue weighted by atomic mass is 16.3. The first-order valence-electron chi connectivity index (χ1n) is 5.48. The van der Waals surface area contributed by atoms with Crippen LogP contribution in [0.2, 0.25) is 0 Å². The molecule has 1 aliphatic rings. The summed E-state index contributed by atoms with van der Waals surface area (Å²) in [7, 11) is 1.90. The highest BCUT2D eigenvalue weighted by Crippen LogP contribution is 2.36. The number of likely N-dealkylation sites (N-methyl/N-ethyl adjacent to an activating group) is 1. The van der Waals surface area contributed by atoms with Crippen molar-refractivity contribution in [2.75, 3.05) is 13.6 Å². The third-order valence-corrected chi connectivity index (χ3v) is 3.43. The largest absolute Gasteiger partial charge is 0.384 e. The van der Waals surface area contributed by atoms with Crippen molar-refractivity contribution in [1.82, 2.24) is 4.90 Å². The van der Waals surface area contributed by atoms with E-state index in [-0.39, 0.29) is 6.04 Å². The van der Waals surface area contributed by atoms with E-state index in [1.807, 2.05) is 18.9 Å². The van der Waals surface area contributed by atoms with Gasteiger partial charge in [0.2, 0.25) is 0 Å². The average molecular weight is 208 g/mol. The third kappa shape index (κ3) is 2.39. The normalized spacial score (nSPS) is 31.3. The fourth-order valence-electron chi connectivity index (χ4n) is 2.44. The van der Waals surface area contributed by atoms with Gasteiger partial charge in [0.1, 0.15) is 5.60 Å². The van der Waals surface area contributed by atoms with Crippen molar-refractivity contribution in [3.63, 3.8) is 0 Å². The molecule has 3 nitrogen and oxygen atoms in total. The maximum absolute atomic E-state index is 10.6. The summed E-state index contributed by atoms with van der Waals surface area (Å²) >= 11 is 0. The van der Waals surface area contributed by atoms with Crippen LogP contribution < -0.4 is 0 Å². The molecule has 84 valence electrons. The Balaban J connectivity index is 2.83. The Morgan fingerprint density at radius 2 is 2.33 bits per heavy atom. The van der Waals surface area contributed by atoms with Gasteiger partial charge >= 0.3 is 0 Å². The second-order valence-electron chi connectivity index (χ2n) is 4.54. The summed E-state index contributed by atoms with van der Waals surface area (Å²) in [5, 5.41) is 19.2. The van der Waals surface area contributed by atoms with Crippen LogP contribution in [0.5, 0.6) is 0 Å². The minimum atomic E-state index is -0.802. The van der Waals surface area contributed by atoms with Crippen molar-refractivity contribution in [2.45, 2.75) is 44.2 Å². The molecule has 0 aliphatic heterocycles. The predicted octanol–water partition coefficient (Wildman–Crippen LogP) is 1.69. The molecule has 0 aromatic heterocycles. The van der Waals surface area contributed by atoms with Crippen LogP contribution in [0.1, 0.15) is 32.6 Å². The number of rotatable bonds is 3. The lowest BCUT2D eigenvalue weighted by molar-refractivity contribution is -0.0343. The molecule has 15 heavy (non-hydrogen) atoms. The monoisotopic (exact) mass is 208 g/mol. The number of nitrogens with zero attached hydrogens (tertiary/aromatic N) is 2. The lowest BCUT2D eigenvalue weighted by atomic mass is 9.75. The molecule has 0 amide bonds. The molecule has 0 aromatic carbocycles. The van der Waals surface area contributed by atoms with Gasteiger partial charge in [-0.2, -0.15) is 5.26 Å². The lowest BCUT2D eigenvalue weighted by Crippen LogP contribution is -2.54. The maximum atomic E-state index is 10.6. The average Bonchev–Trinajstić information content (AvgIpc) is 2.18. The molecule has 1 aliphatic carbocycles. The van der Waals surface area contributed by atoms with Crippen LogP contribution in [-0.4, -0.2) is 35.2 Å². The molecule has 0 bridgehead atoms. The van der Waals surface area contributed by atoms with E-state index >= 15 is 0 Å². The van der Waals surface area contributed by atoms with Crippen molar-refractivity contribution in [1.29, 1.82) is 5.26 Å². The van der Waals surface area contributed by atoms with E-state index in [0.29, 0.717) is 6.54 Å². The SMILES string of the molecule is C=C(C)C1(O)CCCCC1N(C)CC#N. The van der Waals surface area contributed by atoms with Crippen molar-refractivity contribution < 1.29 is 5.11 Å². The molecule has 1 saturated carbocycles. The number of nitriles is 1. The van der Waals surface area contributed by atoms with E-state index in [1.54, 1.807) is 0 Å². The van der Waals surface area contributed by atoms with Crippen LogP contribution in [0.15, 0.2) is 12.2 Å². The molecule has 1 rings (SSSR count). The van der Waals surface area contributed by atoms with Gasteiger partial charge in [-0.25, -0.2) is 0 Å². The summed E-state index contributed by atoms with van der Waals surface area (Å²) in [6.07, 6.45) is 3.88. The summed E-state index contributed by atoms with van der Waals surface area (Å²) in [4.78, 5) is 1.94. The molecule has 1 fully saturated rings. The Kier molecular flexibility index (Phi) is 3.90. The van der Waals surface area contributed by atoms with E-state index in [4.69, 9.17) is 5.26 Å². The van der Waals surface area contributed by atoms with Crippen molar-refractivity contribution in [3.05, 3.63) is 12.2 Å². The van der Waals surface area contributed by atoms with Crippen molar-refractivity contribution in [2.24, 2.45) is 0 Å². The fraction of sp³-hybridized carbons (Fsp3) is 0.750. The highest BCUT2D eigenvalue weighted by Gasteiger charge is 2.41. The van der Waals surface area contributed by atoms with Gasteiger partial charge in [0.25, 0.3) is 0 Å². The summed E-state index contributed by atoms with van der Waals surface area (Å²) in [5.41, 5.74) is 0.0149. The van der Waals surface area contributed by atoms with Gasteiger partial charge in [0.15, 0.2) is 0 Å². The first-order valence-corrected chi connectivity index (χ1v) is 5.48. The van der Waals surface area contributed by atoms with E-state index in [0.717, 1.165) is 31.3 Å². The lowest BCUT2D eigenvalue weighted by Gasteiger charge is -2.44. The Hall–Kier alpha value is -0.850. The number of hydrogen-bond acceptors (Lipinski definition) is 3. The van der Waals surface area contributed by atoms with Crippen molar-refractivity contribution in [3.8, 4) is 6.07 Å². The Labute approximate surface area is 92.0 Å². The molecule has 2 atom stereocenters. The van der Waals surface area contributed by atoms with Gasteiger partial charge in [-0.1, -0.05) is 19.4 Å². The second-order valence-corrected chi connectivity index (χ2v) is 4.54. The standard InChI is InChI=1S/C12H20N2O/c1-10(2)12(15)7-5-4-6-11(12)14(3)9-8-13/h11,15H,1,4-7,9H2,2-3H3. The van der Waals surface area contributed by atoms with E-state index < -0.39 is 5.60 Å².